The molecule has 2 fully saturated rings. The van der Waals surface area contributed by atoms with Crippen molar-refractivity contribution >= 4 is 0 Å². The van der Waals surface area contributed by atoms with E-state index in [1.807, 2.05) is 6.07 Å². The highest BCUT2D eigenvalue weighted by Gasteiger charge is 2.59. The van der Waals surface area contributed by atoms with Crippen molar-refractivity contribution in [3.05, 3.63) is 35.6 Å². The maximum Gasteiger partial charge on any atom is 0.123 e. The Bertz CT molecular complexity index is 474. The number of halogens is 1. The maximum absolute atomic E-state index is 13.3. The number of nitrogens with one attached hydrogen (secondary N) is 1. The van der Waals surface area contributed by atoms with Crippen LogP contribution in [0.5, 0.6) is 0 Å². The second kappa shape index (κ2) is 4.57. The summed E-state index contributed by atoms with van der Waals surface area (Å²) < 4.78 is 19.1. The first kappa shape index (κ1) is 13.1. The van der Waals surface area contributed by atoms with Crippen LogP contribution in [0.3, 0.4) is 0 Å². The fraction of sp³-hybridized carbons (Fsp3) is 0.625. The Morgan fingerprint density at radius 1 is 1.42 bits per heavy atom. The van der Waals surface area contributed by atoms with Crippen molar-refractivity contribution in [1.29, 1.82) is 0 Å². The first-order valence-electron chi connectivity index (χ1n) is 7.13. The van der Waals surface area contributed by atoms with E-state index in [2.05, 4.69) is 26.1 Å². The lowest BCUT2D eigenvalue weighted by Gasteiger charge is -2.55. The fourth-order valence-corrected chi connectivity index (χ4v) is 3.80. The molecule has 104 valence electrons. The van der Waals surface area contributed by atoms with Crippen LogP contribution in [0.15, 0.2) is 24.3 Å². The summed E-state index contributed by atoms with van der Waals surface area (Å²) in [5.41, 5.74) is 1.18. The zero-order valence-electron chi connectivity index (χ0n) is 11.8. The normalized spacial score (nSPS) is 33.6. The van der Waals surface area contributed by atoms with Gasteiger partial charge in [-0.25, -0.2) is 4.39 Å². The van der Waals surface area contributed by atoms with Crippen LogP contribution in [0, 0.1) is 17.2 Å². The van der Waals surface area contributed by atoms with Gasteiger partial charge in [0.1, 0.15) is 5.82 Å². The Morgan fingerprint density at radius 3 is 2.95 bits per heavy atom. The monoisotopic (exact) mass is 263 g/mol. The van der Waals surface area contributed by atoms with Crippen LogP contribution in [0.25, 0.3) is 0 Å². The van der Waals surface area contributed by atoms with Gasteiger partial charge in [-0.05, 0) is 31.0 Å². The summed E-state index contributed by atoms with van der Waals surface area (Å²) in [4.78, 5) is 0. The largest absolute Gasteiger partial charge is 0.377 e. The molecule has 0 amide bonds. The van der Waals surface area contributed by atoms with Crippen LogP contribution in [0.4, 0.5) is 4.39 Å². The molecule has 3 rings (SSSR count). The quantitative estimate of drug-likeness (QED) is 0.903. The molecule has 2 aliphatic rings. The molecule has 1 aromatic carbocycles. The highest BCUT2D eigenvalue weighted by molar-refractivity contribution is 5.21. The van der Waals surface area contributed by atoms with Gasteiger partial charge in [-0.1, -0.05) is 26.0 Å². The molecular formula is C16H22FNO. The predicted octanol–water partition coefficient (Wildman–Crippen LogP) is 3.29. The van der Waals surface area contributed by atoms with Crippen molar-refractivity contribution in [2.45, 2.75) is 45.4 Å². The molecular weight excluding hydrogens is 241 g/mol. The van der Waals surface area contributed by atoms with Gasteiger partial charge in [0.2, 0.25) is 0 Å². The van der Waals surface area contributed by atoms with Gasteiger partial charge in [-0.15, -0.1) is 0 Å². The van der Waals surface area contributed by atoms with Crippen molar-refractivity contribution < 1.29 is 9.13 Å². The predicted molar refractivity (Wildman–Crippen MR) is 73.4 cm³/mol. The molecule has 2 nitrogen and oxygen atoms in total. The van der Waals surface area contributed by atoms with Crippen molar-refractivity contribution in [3.63, 3.8) is 0 Å². The Morgan fingerprint density at radius 2 is 2.21 bits per heavy atom. The lowest BCUT2D eigenvalue weighted by Crippen LogP contribution is -2.66. The van der Waals surface area contributed by atoms with Gasteiger partial charge in [0.25, 0.3) is 0 Å². The van der Waals surface area contributed by atoms with Crippen molar-refractivity contribution in [1.82, 2.24) is 5.32 Å². The SMILES string of the molecule is CC(NC1C2CCOC2C1(C)C)c1cccc(F)c1. The number of rotatable bonds is 3. The molecule has 1 saturated heterocycles. The Kier molecular flexibility index (Phi) is 3.14. The Labute approximate surface area is 114 Å². The van der Waals surface area contributed by atoms with Crippen LogP contribution in [0.1, 0.15) is 38.8 Å². The third-order valence-electron chi connectivity index (χ3n) is 4.88. The first-order chi connectivity index (χ1) is 9.00. The molecule has 4 atom stereocenters. The van der Waals surface area contributed by atoms with Gasteiger partial charge in [0.15, 0.2) is 0 Å². The topological polar surface area (TPSA) is 21.3 Å². The fourth-order valence-electron chi connectivity index (χ4n) is 3.80. The maximum atomic E-state index is 13.3. The third-order valence-corrected chi connectivity index (χ3v) is 4.88. The van der Waals surface area contributed by atoms with Crippen LogP contribution in [0.2, 0.25) is 0 Å². The Balaban J connectivity index is 1.71. The van der Waals surface area contributed by atoms with Gasteiger partial charge in [-0.3, -0.25) is 0 Å². The average Bonchev–Trinajstić information content (AvgIpc) is 2.82. The molecule has 1 aliphatic heterocycles. The molecule has 1 heterocycles. The minimum Gasteiger partial charge on any atom is -0.377 e. The number of hydrogen-bond acceptors (Lipinski definition) is 2. The van der Waals surface area contributed by atoms with Crippen LogP contribution >= 0.6 is 0 Å². The minimum absolute atomic E-state index is 0.166. The number of fused-ring (bicyclic) bond motifs is 1. The summed E-state index contributed by atoms with van der Waals surface area (Å²) in [7, 11) is 0. The highest BCUT2D eigenvalue weighted by atomic mass is 19.1. The van der Waals surface area contributed by atoms with E-state index >= 15 is 0 Å². The number of ether oxygens (including phenoxy) is 1. The molecule has 3 heteroatoms. The first-order valence-corrected chi connectivity index (χ1v) is 7.13. The van der Waals surface area contributed by atoms with Gasteiger partial charge in [0, 0.05) is 30.0 Å². The molecule has 1 aromatic rings. The number of benzene rings is 1. The van der Waals surface area contributed by atoms with E-state index in [0.29, 0.717) is 18.1 Å². The summed E-state index contributed by atoms with van der Waals surface area (Å²) in [6.45, 7) is 7.50. The molecule has 0 aromatic heterocycles. The van der Waals surface area contributed by atoms with Crippen molar-refractivity contribution in [2.24, 2.45) is 11.3 Å². The van der Waals surface area contributed by atoms with E-state index in [1.165, 1.54) is 6.07 Å². The molecule has 0 bridgehead atoms. The summed E-state index contributed by atoms with van der Waals surface area (Å²) in [5, 5.41) is 3.67. The van der Waals surface area contributed by atoms with E-state index in [-0.39, 0.29) is 17.3 Å². The zero-order valence-corrected chi connectivity index (χ0v) is 11.8. The van der Waals surface area contributed by atoms with Crippen molar-refractivity contribution in [2.75, 3.05) is 6.61 Å². The molecule has 19 heavy (non-hydrogen) atoms. The molecule has 0 spiro atoms. The van der Waals surface area contributed by atoms with Crippen molar-refractivity contribution in [3.8, 4) is 0 Å². The summed E-state index contributed by atoms with van der Waals surface area (Å²) >= 11 is 0. The van der Waals surface area contributed by atoms with E-state index in [9.17, 15) is 4.39 Å². The van der Waals surface area contributed by atoms with Crippen LogP contribution in [-0.2, 0) is 4.74 Å². The molecule has 1 N–H and O–H groups in total. The van der Waals surface area contributed by atoms with Crippen LogP contribution < -0.4 is 5.32 Å². The van der Waals surface area contributed by atoms with Gasteiger partial charge in [-0.2, -0.15) is 0 Å². The average molecular weight is 263 g/mol. The van der Waals surface area contributed by atoms with Crippen LogP contribution in [-0.4, -0.2) is 18.8 Å². The van der Waals surface area contributed by atoms with E-state index in [4.69, 9.17) is 4.74 Å². The smallest absolute Gasteiger partial charge is 0.123 e. The standard InChI is InChI=1S/C16H22FNO/c1-10(11-5-4-6-12(17)9-11)18-14-13-7-8-19-15(13)16(14,2)3/h4-6,9-10,13-15,18H,7-8H2,1-3H3. The molecule has 4 unspecified atom stereocenters. The molecule has 1 aliphatic carbocycles. The van der Waals surface area contributed by atoms with Gasteiger partial charge < -0.3 is 10.1 Å². The van der Waals surface area contributed by atoms with E-state index in [0.717, 1.165) is 18.6 Å². The van der Waals surface area contributed by atoms with E-state index < -0.39 is 0 Å². The summed E-state index contributed by atoms with van der Waals surface area (Å²) in [5.74, 6) is 0.451. The van der Waals surface area contributed by atoms with Gasteiger partial charge in [0.05, 0.1) is 6.10 Å². The third kappa shape index (κ3) is 2.09. The minimum atomic E-state index is -0.166. The lowest BCUT2D eigenvalue weighted by molar-refractivity contribution is -0.115. The lowest BCUT2D eigenvalue weighted by atomic mass is 9.57. The van der Waals surface area contributed by atoms with E-state index in [1.54, 1.807) is 12.1 Å². The summed E-state index contributed by atoms with van der Waals surface area (Å²) in [6.07, 6.45) is 1.53. The molecule has 1 saturated carbocycles. The second-order valence-electron chi connectivity index (χ2n) is 6.49. The highest BCUT2D eigenvalue weighted by Crippen LogP contribution is 2.52. The second-order valence-corrected chi connectivity index (χ2v) is 6.49. The van der Waals surface area contributed by atoms with Gasteiger partial charge >= 0.3 is 0 Å². The Hall–Kier alpha value is -0.930. The zero-order chi connectivity index (χ0) is 13.6. The summed E-state index contributed by atoms with van der Waals surface area (Å²) in [6, 6.07) is 7.49. The molecule has 0 radical (unpaired) electrons. The number of hydrogen-bond donors (Lipinski definition) is 1.